The summed E-state index contributed by atoms with van der Waals surface area (Å²) < 4.78 is 5.80. The Morgan fingerprint density at radius 3 is 2.47 bits per heavy atom. The number of rotatable bonds is 0. The van der Waals surface area contributed by atoms with Crippen LogP contribution in [0.4, 0.5) is 0 Å². The summed E-state index contributed by atoms with van der Waals surface area (Å²) in [6.07, 6.45) is 1.80. The second-order valence-corrected chi connectivity index (χ2v) is 4.11. The Bertz CT molecular complexity index is 839. The number of para-hydroxylation sites is 2. The lowest BCUT2D eigenvalue weighted by Gasteiger charge is -1.97. The molecule has 0 aliphatic carbocycles. The molecule has 2 nitrogen and oxygen atoms in total. The van der Waals surface area contributed by atoms with Crippen molar-refractivity contribution in [3.8, 4) is 0 Å². The summed E-state index contributed by atoms with van der Waals surface area (Å²) in [6.45, 7) is 0. The van der Waals surface area contributed by atoms with Gasteiger partial charge in [-0.2, -0.15) is 0 Å². The fraction of sp³-hybridized carbons (Fsp3) is 0. The van der Waals surface area contributed by atoms with Crippen molar-refractivity contribution in [2.45, 2.75) is 0 Å². The maximum absolute atomic E-state index is 5.80. The number of nitrogens with zero attached hydrogens (tertiary/aromatic N) is 1. The Hall–Kier alpha value is -2.35. The van der Waals surface area contributed by atoms with Crippen LogP contribution in [0.5, 0.6) is 0 Å². The molecule has 0 bridgehead atoms. The van der Waals surface area contributed by atoms with Crippen molar-refractivity contribution in [1.82, 2.24) is 4.98 Å². The Labute approximate surface area is 97.5 Å². The fourth-order valence-electron chi connectivity index (χ4n) is 2.36. The minimum atomic E-state index is 0.852. The number of hydrogen-bond acceptors (Lipinski definition) is 2. The highest BCUT2D eigenvalue weighted by molar-refractivity contribution is 6.17. The Kier molecular flexibility index (Phi) is 1.59. The van der Waals surface area contributed by atoms with Gasteiger partial charge in [-0.15, -0.1) is 0 Å². The van der Waals surface area contributed by atoms with Crippen LogP contribution in [-0.2, 0) is 0 Å². The predicted octanol–water partition coefficient (Wildman–Crippen LogP) is 4.13. The van der Waals surface area contributed by atoms with Crippen LogP contribution in [0.1, 0.15) is 0 Å². The second-order valence-electron chi connectivity index (χ2n) is 4.11. The molecule has 0 N–H and O–H groups in total. The van der Waals surface area contributed by atoms with E-state index in [2.05, 4.69) is 17.1 Å². The molecule has 0 amide bonds. The molecule has 0 atom stereocenters. The van der Waals surface area contributed by atoms with Crippen molar-refractivity contribution in [3.63, 3.8) is 0 Å². The van der Waals surface area contributed by atoms with Gasteiger partial charge in [0.1, 0.15) is 5.58 Å². The van der Waals surface area contributed by atoms with E-state index in [9.17, 15) is 0 Å². The van der Waals surface area contributed by atoms with Gasteiger partial charge in [0.15, 0.2) is 5.58 Å². The summed E-state index contributed by atoms with van der Waals surface area (Å²) in [6, 6.07) is 16.3. The highest BCUT2D eigenvalue weighted by atomic mass is 16.3. The van der Waals surface area contributed by atoms with E-state index in [1.54, 1.807) is 6.20 Å². The van der Waals surface area contributed by atoms with Crippen molar-refractivity contribution >= 4 is 32.8 Å². The third-order valence-corrected chi connectivity index (χ3v) is 3.12. The number of fused-ring (bicyclic) bond motifs is 5. The molecule has 0 unspecified atom stereocenters. The first kappa shape index (κ1) is 8.76. The van der Waals surface area contributed by atoms with E-state index in [4.69, 9.17) is 4.42 Å². The van der Waals surface area contributed by atoms with Gasteiger partial charge < -0.3 is 4.42 Å². The van der Waals surface area contributed by atoms with E-state index in [0.29, 0.717) is 0 Å². The first-order chi connectivity index (χ1) is 8.43. The molecule has 80 valence electrons. The molecule has 2 heterocycles. The molecule has 0 radical (unpaired) electrons. The lowest BCUT2D eigenvalue weighted by molar-refractivity contribution is 0.667. The predicted molar refractivity (Wildman–Crippen MR) is 69.0 cm³/mol. The minimum Gasteiger partial charge on any atom is -0.454 e. The molecular weight excluding hydrogens is 210 g/mol. The summed E-state index contributed by atoms with van der Waals surface area (Å²) in [5.74, 6) is 0. The lowest BCUT2D eigenvalue weighted by atomic mass is 10.1. The van der Waals surface area contributed by atoms with Gasteiger partial charge in [0.05, 0.1) is 11.7 Å². The monoisotopic (exact) mass is 219 g/mol. The van der Waals surface area contributed by atoms with Gasteiger partial charge in [-0.25, -0.2) is 0 Å². The van der Waals surface area contributed by atoms with Crippen molar-refractivity contribution in [2.75, 3.05) is 0 Å². The lowest BCUT2D eigenvalue weighted by Crippen LogP contribution is -1.78. The zero-order chi connectivity index (χ0) is 11.2. The van der Waals surface area contributed by atoms with Gasteiger partial charge in [-0.3, -0.25) is 4.98 Å². The maximum Gasteiger partial charge on any atom is 0.154 e. The number of aromatic nitrogens is 1. The summed E-state index contributed by atoms with van der Waals surface area (Å²) in [4.78, 5) is 4.41. The van der Waals surface area contributed by atoms with Crippen LogP contribution in [-0.4, -0.2) is 4.98 Å². The largest absolute Gasteiger partial charge is 0.454 e. The third-order valence-electron chi connectivity index (χ3n) is 3.12. The zero-order valence-electron chi connectivity index (χ0n) is 9.05. The van der Waals surface area contributed by atoms with Crippen LogP contribution >= 0.6 is 0 Å². The summed E-state index contributed by atoms with van der Waals surface area (Å²) in [5.41, 5.74) is 2.78. The third kappa shape index (κ3) is 1.12. The average Bonchev–Trinajstić information content (AvgIpc) is 2.77. The van der Waals surface area contributed by atoms with E-state index < -0.39 is 0 Å². The summed E-state index contributed by atoms with van der Waals surface area (Å²) in [5, 5.41) is 3.46. The first-order valence-electron chi connectivity index (χ1n) is 5.58. The quantitative estimate of drug-likeness (QED) is 0.444. The van der Waals surface area contributed by atoms with Crippen molar-refractivity contribution < 1.29 is 4.42 Å². The van der Waals surface area contributed by atoms with Crippen LogP contribution in [0.25, 0.3) is 32.8 Å². The molecule has 4 aromatic rings. The fourth-order valence-corrected chi connectivity index (χ4v) is 2.36. The molecule has 0 fully saturated rings. The molecule has 0 aliphatic rings. The van der Waals surface area contributed by atoms with E-state index in [1.165, 1.54) is 0 Å². The van der Waals surface area contributed by atoms with Crippen LogP contribution < -0.4 is 0 Å². The summed E-state index contributed by atoms with van der Waals surface area (Å²) >= 11 is 0. The molecule has 2 aromatic heterocycles. The van der Waals surface area contributed by atoms with Crippen LogP contribution in [0.3, 0.4) is 0 Å². The molecule has 2 aromatic carbocycles. The minimum absolute atomic E-state index is 0.852. The molecule has 0 aliphatic heterocycles. The molecule has 0 saturated heterocycles. The maximum atomic E-state index is 5.80. The first-order valence-corrected chi connectivity index (χ1v) is 5.58. The van der Waals surface area contributed by atoms with Gasteiger partial charge in [-0.1, -0.05) is 36.4 Å². The van der Waals surface area contributed by atoms with Gasteiger partial charge in [0.2, 0.25) is 0 Å². The molecule has 0 saturated carbocycles. The molecule has 4 rings (SSSR count). The Morgan fingerprint density at radius 2 is 1.53 bits per heavy atom. The van der Waals surface area contributed by atoms with Crippen molar-refractivity contribution in [1.29, 1.82) is 0 Å². The molecule has 17 heavy (non-hydrogen) atoms. The standard InChI is InChI=1S/C15H9NO/c1-3-7-12-10(5-1)15-11-6-2-4-8-13(11)17-14(15)9-16-12/h1-9H. The van der Waals surface area contributed by atoms with Gasteiger partial charge in [0, 0.05) is 16.2 Å². The second kappa shape index (κ2) is 3.08. The van der Waals surface area contributed by atoms with Crippen molar-refractivity contribution in [2.24, 2.45) is 0 Å². The number of pyridine rings is 1. The molecule has 2 heteroatoms. The smallest absolute Gasteiger partial charge is 0.154 e. The topological polar surface area (TPSA) is 26.0 Å². The molecular formula is C15H9NO. The van der Waals surface area contributed by atoms with Gasteiger partial charge >= 0.3 is 0 Å². The highest BCUT2D eigenvalue weighted by Gasteiger charge is 2.09. The normalized spacial score (nSPS) is 11.5. The average molecular weight is 219 g/mol. The van der Waals surface area contributed by atoms with Gasteiger partial charge in [0.25, 0.3) is 0 Å². The van der Waals surface area contributed by atoms with E-state index in [1.807, 2.05) is 36.4 Å². The number of hydrogen-bond donors (Lipinski definition) is 0. The van der Waals surface area contributed by atoms with Gasteiger partial charge in [-0.05, 0) is 12.1 Å². The van der Waals surface area contributed by atoms with Crippen LogP contribution in [0, 0.1) is 0 Å². The number of benzene rings is 2. The van der Waals surface area contributed by atoms with Crippen molar-refractivity contribution in [3.05, 3.63) is 54.7 Å². The zero-order valence-corrected chi connectivity index (χ0v) is 9.05. The molecule has 0 spiro atoms. The van der Waals surface area contributed by atoms with E-state index in [0.717, 1.165) is 32.8 Å². The van der Waals surface area contributed by atoms with E-state index in [-0.39, 0.29) is 0 Å². The van der Waals surface area contributed by atoms with E-state index >= 15 is 0 Å². The van der Waals surface area contributed by atoms with Crippen LogP contribution in [0.15, 0.2) is 59.1 Å². The Balaban J connectivity index is 2.38. The Morgan fingerprint density at radius 1 is 0.765 bits per heavy atom. The SMILES string of the molecule is c1ccc2c(c1)ncc1oc3ccccc3c12. The van der Waals surface area contributed by atoms with Crippen LogP contribution in [0.2, 0.25) is 0 Å². The number of furan rings is 1. The summed E-state index contributed by atoms with van der Waals surface area (Å²) in [7, 11) is 0. The highest BCUT2D eigenvalue weighted by Crippen LogP contribution is 2.32.